The van der Waals surface area contributed by atoms with Gasteiger partial charge in [-0.05, 0) is 13.3 Å². The first-order valence-electron chi connectivity index (χ1n) is 11.7. The second-order valence-electron chi connectivity index (χ2n) is 8.49. The summed E-state index contributed by atoms with van der Waals surface area (Å²) in [4.78, 5) is 73.9. The van der Waals surface area contributed by atoms with Gasteiger partial charge in [0, 0.05) is 26.1 Å². The number of aromatic nitrogens is 2. The molecule has 0 aliphatic carbocycles. The molecule has 1 aromatic heterocycles. The molecule has 202 valence electrons. The van der Waals surface area contributed by atoms with Crippen LogP contribution in [0.25, 0.3) is 0 Å². The lowest BCUT2D eigenvalue weighted by atomic mass is 10.1. The summed E-state index contributed by atoms with van der Waals surface area (Å²) in [6, 6.07) is -1.78. The van der Waals surface area contributed by atoms with Crippen LogP contribution < -0.4 is 27.6 Å². The van der Waals surface area contributed by atoms with E-state index in [0.717, 1.165) is 30.6 Å². The fourth-order valence-electron chi connectivity index (χ4n) is 3.25. The average molecular weight is 515 g/mol. The van der Waals surface area contributed by atoms with Crippen LogP contribution in [0.5, 0.6) is 0 Å². The lowest BCUT2D eigenvalue weighted by molar-refractivity contribution is -0.131. The maximum Gasteiger partial charge on any atom is 0.411 e. The highest BCUT2D eigenvalue weighted by molar-refractivity contribution is 5.91. The Morgan fingerprint density at radius 3 is 2.47 bits per heavy atom. The van der Waals surface area contributed by atoms with Crippen molar-refractivity contribution < 1.29 is 28.3 Å². The number of nitrogens with one attached hydrogen (secondary N) is 3. The second kappa shape index (κ2) is 15.3. The van der Waals surface area contributed by atoms with Crippen molar-refractivity contribution in [2.45, 2.75) is 77.6 Å². The lowest BCUT2D eigenvalue weighted by Crippen LogP contribution is -2.52. The van der Waals surface area contributed by atoms with Crippen LogP contribution in [0.3, 0.4) is 0 Å². The number of hydrogen-bond acceptors (Lipinski definition) is 7. The number of carbonyl (C=O) groups is 4. The SMILES string of the molecule is CCCCCCCC(=O)N[C@H](CC(N)=O)C(=O)N[C@H](C)CN(C)C(=O)OCn1cc(F)c(=O)[nH]c1=O. The maximum absolute atomic E-state index is 13.3. The normalized spacial score (nSPS) is 12.3. The van der Waals surface area contributed by atoms with Crippen LogP contribution in [0.15, 0.2) is 15.8 Å². The fraction of sp³-hybridized carbons (Fsp3) is 0.636. The molecule has 0 aliphatic heterocycles. The molecule has 1 heterocycles. The number of carbonyl (C=O) groups excluding carboxylic acids is 4. The molecule has 2 atom stereocenters. The van der Waals surface area contributed by atoms with Crippen molar-refractivity contribution in [1.29, 1.82) is 0 Å². The maximum atomic E-state index is 13.3. The molecule has 0 saturated heterocycles. The molecule has 36 heavy (non-hydrogen) atoms. The Hall–Kier alpha value is -3.71. The van der Waals surface area contributed by atoms with E-state index < -0.39 is 53.8 Å². The number of nitrogens with zero attached hydrogens (tertiary/aromatic N) is 2. The van der Waals surface area contributed by atoms with Gasteiger partial charge >= 0.3 is 11.8 Å². The molecule has 0 bridgehead atoms. The van der Waals surface area contributed by atoms with E-state index in [9.17, 15) is 33.2 Å². The third-order valence-corrected chi connectivity index (χ3v) is 5.11. The first-order valence-corrected chi connectivity index (χ1v) is 11.7. The number of ether oxygens (including phenoxy) is 1. The topological polar surface area (TPSA) is 186 Å². The third-order valence-electron chi connectivity index (χ3n) is 5.11. The first-order chi connectivity index (χ1) is 16.9. The number of hydrogen-bond donors (Lipinski definition) is 4. The molecular formula is C22H35FN6O7. The van der Waals surface area contributed by atoms with Crippen LogP contribution in [0.1, 0.15) is 58.8 Å². The molecule has 1 aromatic rings. The molecule has 0 radical (unpaired) electrons. The summed E-state index contributed by atoms with van der Waals surface area (Å²) < 4.78 is 18.9. The quantitative estimate of drug-likeness (QED) is 0.236. The monoisotopic (exact) mass is 514 g/mol. The second-order valence-corrected chi connectivity index (χ2v) is 8.49. The number of aromatic amines is 1. The van der Waals surface area contributed by atoms with Gasteiger partial charge in [0.1, 0.15) is 6.04 Å². The molecule has 0 unspecified atom stereocenters. The number of primary amides is 1. The predicted octanol–water partition coefficient (Wildman–Crippen LogP) is -0.0730. The van der Waals surface area contributed by atoms with Crippen molar-refractivity contribution in [1.82, 2.24) is 25.1 Å². The number of rotatable bonds is 15. The number of H-pyrrole nitrogens is 1. The van der Waals surface area contributed by atoms with Crippen LogP contribution in [0, 0.1) is 5.82 Å². The predicted molar refractivity (Wildman–Crippen MR) is 127 cm³/mol. The summed E-state index contributed by atoms with van der Waals surface area (Å²) in [7, 11) is 1.36. The minimum atomic E-state index is -1.22. The number of amides is 4. The first kappa shape index (κ1) is 30.3. The van der Waals surface area contributed by atoms with Crippen LogP contribution >= 0.6 is 0 Å². The molecule has 0 aromatic carbocycles. The van der Waals surface area contributed by atoms with Gasteiger partial charge in [0.05, 0.1) is 12.6 Å². The average Bonchev–Trinajstić information content (AvgIpc) is 2.79. The third kappa shape index (κ3) is 11.1. The van der Waals surface area contributed by atoms with E-state index in [0.29, 0.717) is 17.2 Å². The molecule has 0 fully saturated rings. The highest BCUT2D eigenvalue weighted by atomic mass is 19.1. The standard InChI is InChI=1S/C22H35FN6O7/c1-4-5-6-7-8-9-18(31)26-16(10-17(24)30)20(33)25-14(2)11-28(3)22(35)36-13-29-12-15(23)19(32)27-21(29)34/h12,14,16H,4-11,13H2,1-3H3,(H2,24,30)(H,25,33)(H,26,31)(H,27,32,34)/t14-,16-/m1/s1. The highest BCUT2D eigenvalue weighted by Gasteiger charge is 2.25. The summed E-state index contributed by atoms with van der Waals surface area (Å²) >= 11 is 0. The van der Waals surface area contributed by atoms with Gasteiger partial charge in [0.25, 0.3) is 5.56 Å². The zero-order valence-electron chi connectivity index (χ0n) is 20.8. The van der Waals surface area contributed by atoms with Gasteiger partial charge in [0.2, 0.25) is 23.5 Å². The van der Waals surface area contributed by atoms with E-state index in [1.54, 1.807) is 11.9 Å². The van der Waals surface area contributed by atoms with E-state index >= 15 is 0 Å². The Labute approximate surface area is 207 Å². The summed E-state index contributed by atoms with van der Waals surface area (Å²) in [6.07, 6.45) is 4.28. The number of unbranched alkanes of at least 4 members (excludes halogenated alkanes) is 4. The van der Waals surface area contributed by atoms with E-state index in [1.807, 2.05) is 0 Å². The van der Waals surface area contributed by atoms with Gasteiger partial charge in [-0.15, -0.1) is 0 Å². The van der Waals surface area contributed by atoms with E-state index in [2.05, 4.69) is 17.6 Å². The summed E-state index contributed by atoms with van der Waals surface area (Å²) in [5, 5.41) is 5.13. The van der Waals surface area contributed by atoms with Gasteiger partial charge < -0.3 is 26.0 Å². The van der Waals surface area contributed by atoms with E-state index in [1.165, 1.54) is 7.05 Å². The van der Waals surface area contributed by atoms with Crippen LogP contribution in [0.4, 0.5) is 9.18 Å². The Balaban J connectivity index is 2.58. The number of halogens is 1. The molecule has 0 spiro atoms. The summed E-state index contributed by atoms with van der Waals surface area (Å²) in [5.74, 6) is -2.99. The van der Waals surface area contributed by atoms with Crippen molar-refractivity contribution >= 4 is 23.8 Å². The van der Waals surface area contributed by atoms with Crippen LogP contribution in [-0.4, -0.2) is 63.9 Å². The van der Waals surface area contributed by atoms with E-state index in [4.69, 9.17) is 10.5 Å². The largest absolute Gasteiger partial charge is 0.427 e. The van der Waals surface area contributed by atoms with E-state index in [-0.39, 0.29) is 25.3 Å². The zero-order chi connectivity index (χ0) is 27.3. The van der Waals surface area contributed by atoms with Crippen LogP contribution in [-0.2, 0) is 25.9 Å². The number of nitrogens with two attached hydrogens (primary N) is 1. The molecule has 1 rings (SSSR count). The van der Waals surface area contributed by atoms with Gasteiger partial charge in [-0.3, -0.25) is 28.7 Å². The van der Waals surface area contributed by atoms with Gasteiger partial charge in [-0.25, -0.2) is 9.59 Å². The molecule has 13 nitrogen and oxygen atoms in total. The zero-order valence-corrected chi connectivity index (χ0v) is 20.8. The van der Waals surface area contributed by atoms with Crippen molar-refractivity contribution in [3.8, 4) is 0 Å². The van der Waals surface area contributed by atoms with Crippen molar-refractivity contribution in [2.24, 2.45) is 5.73 Å². The molecular weight excluding hydrogens is 479 g/mol. The molecule has 0 aliphatic rings. The minimum Gasteiger partial charge on any atom is -0.427 e. The Morgan fingerprint density at radius 1 is 1.17 bits per heavy atom. The van der Waals surface area contributed by atoms with Gasteiger partial charge in [0.15, 0.2) is 6.73 Å². The fourth-order valence-corrected chi connectivity index (χ4v) is 3.25. The Morgan fingerprint density at radius 2 is 1.83 bits per heavy atom. The molecule has 4 amide bonds. The Bertz CT molecular complexity index is 1020. The molecule has 0 saturated carbocycles. The van der Waals surface area contributed by atoms with Crippen molar-refractivity contribution in [3.63, 3.8) is 0 Å². The van der Waals surface area contributed by atoms with Crippen molar-refractivity contribution in [2.75, 3.05) is 13.6 Å². The molecule has 14 heteroatoms. The highest BCUT2D eigenvalue weighted by Crippen LogP contribution is 2.05. The molecule has 5 N–H and O–H groups in total. The summed E-state index contributed by atoms with van der Waals surface area (Å²) in [6.45, 7) is 2.98. The smallest absolute Gasteiger partial charge is 0.411 e. The van der Waals surface area contributed by atoms with Crippen LogP contribution in [0.2, 0.25) is 0 Å². The lowest BCUT2D eigenvalue weighted by Gasteiger charge is -2.24. The Kier molecular flexibility index (Phi) is 12.9. The number of likely N-dealkylation sites (N-methyl/N-ethyl adjacent to an activating group) is 1. The van der Waals surface area contributed by atoms with Gasteiger partial charge in [-0.1, -0.05) is 32.6 Å². The minimum absolute atomic E-state index is 0.0336. The van der Waals surface area contributed by atoms with Crippen molar-refractivity contribution in [3.05, 3.63) is 32.9 Å². The summed E-state index contributed by atoms with van der Waals surface area (Å²) in [5.41, 5.74) is 3.07. The van der Waals surface area contributed by atoms with Gasteiger partial charge in [-0.2, -0.15) is 4.39 Å².